The number of hydrogen-bond donors (Lipinski definition) is 0. The van der Waals surface area contributed by atoms with Crippen molar-refractivity contribution in [3.8, 4) is 0 Å². The van der Waals surface area contributed by atoms with Crippen molar-refractivity contribution in [2.75, 3.05) is 0 Å². The van der Waals surface area contributed by atoms with E-state index in [0.29, 0.717) is 0 Å². The molecular weight excluding hydrogens is 152 g/mol. The molecule has 0 spiro atoms. The predicted molar refractivity (Wildman–Crippen MR) is 44.6 cm³/mol. The first-order valence-corrected chi connectivity index (χ1v) is 4.71. The Morgan fingerprint density at radius 1 is 1.42 bits per heavy atom. The normalized spacial score (nSPS) is 18.7. The molecule has 0 aromatic carbocycles. The van der Waals surface area contributed by atoms with Gasteiger partial charge in [0.2, 0.25) is 5.89 Å². The average Bonchev–Trinajstić information content (AvgIpc) is 2.74. The smallest absolute Gasteiger partial charge is 0.226 e. The summed E-state index contributed by atoms with van der Waals surface area (Å²) >= 11 is 0. The van der Waals surface area contributed by atoms with E-state index in [0.717, 1.165) is 18.2 Å². The molecule has 1 aromatic heterocycles. The molecule has 0 N–H and O–H groups in total. The zero-order valence-corrected chi connectivity index (χ0v) is 7.20. The highest BCUT2D eigenvalue weighted by atomic mass is 16.5. The molecule has 0 aliphatic heterocycles. The fourth-order valence-electron chi connectivity index (χ4n) is 1.93. The summed E-state index contributed by atoms with van der Waals surface area (Å²) in [5.74, 6) is 1.71. The lowest BCUT2D eigenvalue weighted by Crippen LogP contribution is -1.96. The highest BCUT2D eigenvalue weighted by Crippen LogP contribution is 2.28. The molecule has 0 saturated heterocycles. The summed E-state index contributed by atoms with van der Waals surface area (Å²) < 4.78 is 4.93. The fraction of sp³-hybridized carbons (Fsp3) is 0.778. The molecule has 1 saturated carbocycles. The minimum absolute atomic E-state index is 0.793. The highest BCUT2D eigenvalue weighted by molar-refractivity contribution is 4.77. The van der Waals surface area contributed by atoms with Gasteiger partial charge in [-0.1, -0.05) is 30.8 Å². The number of aryl methyl sites for hydroxylation is 1. The van der Waals surface area contributed by atoms with Crippen molar-refractivity contribution in [1.82, 2.24) is 10.1 Å². The summed E-state index contributed by atoms with van der Waals surface area (Å²) in [4.78, 5) is 4.00. The van der Waals surface area contributed by atoms with Crippen LogP contribution in [0.1, 0.15) is 38.0 Å². The molecule has 0 amide bonds. The number of nitrogens with zero attached hydrogens (tertiary/aromatic N) is 2. The molecule has 1 aliphatic carbocycles. The topological polar surface area (TPSA) is 38.9 Å². The maximum absolute atomic E-state index is 4.93. The van der Waals surface area contributed by atoms with E-state index >= 15 is 0 Å². The number of hydrogen-bond acceptors (Lipinski definition) is 3. The Kier molecular flexibility index (Phi) is 2.39. The van der Waals surface area contributed by atoms with Crippen LogP contribution in [0.15, 0.2) is 10.9 Å². The van der Waals surface area contributed by atoms with Gasteiger partial charge in [0, 0.05) is 6.42 Å². The van der Waals surface area contributed by atoms with Crippen LogP contribution >= 0.6 is 0 Å². The van der Waals surface area contributed by atoms with E-state index in [9.17, 15) is 0 Å². The maximum Gasteiger partial charge on any atom is 0.226 e. The van der Waals surface area contributed by atoms with Gasteiger partial charge in [-0.3, -0.25) is 0 Å². The first kappa shape index (κ1) is 7.77. The Labute approximate surface area is 72.2 Å². The summed E-state index contributed by atoms with van der Waals surface area (Å²) in [6.07, 6.45) is 9.28. The van der Waals surface area contributed by atoms with Gasteiger partial charge in [0.1, 0.15) is 0 Å². The van der Waals surface area contributed by atoms with Gasteiger partial charge in [-0.2, -0.15) is 4.98 Å². The minimum atomic E-state index is 0.793. The summed E-state index contributed by atoms with van der Waals surface area (Å²) in [6, 6.07) is 0. The Bertz CT molecular complexity index is 214. The van der Waals surface area contributed by atoms with Gasteiger partial charge in [0.05, 0.1) is 0 Å². The quantitative estimate of drug-likeness (QED) is 0.691. The molecule has 3 nitrogen and oxygen atoms in total. The van der Waals surface area contributed by atoms with Crippen molar-refractivity contribution in [2.45, 2.75) is 38.5 Å². The third-order valence-corrected chi connectivity index (χ3v) is 2.65. The maximum atomic E-state index is 4.93. The first-order valence-electron chi connectivity index (χ1n) is 4.71. The van der Waals surface area contributed by atoms with E-state index in [2.05, 4.69) is 10.1 Å². The Hall–Kier alpha value is -0.860. The van der Waals surface area contributed by atoms with Crippen LogP contribution in [0.3, 0.4) is 0 Å². The largest absolute Gasteiger partial charge is 0.340 e. The molecular formula is C9H14N2O. The zero-order chi connectivity index (χ0) is 8.23. The summed E-state index contributed by atoms with van der Waals surface area (Å²) in [5.41, 5.74) is 0. The van der Waals surface area contributed by atoms with Gasteiger partial charge in [0.25, 0.3) is 0 Å². The van der Waals surface area contributed by atoms with Crippen LogP contribution in [-0.2, 0) is 6.42 Å². The molecule has 12 heavy (non-hydrogen) atoms. The van der Waals surface area contributed by atoms with E-state index in [1.54, 1.807) is 0 Å². The SMILES string of the molecule is c1noc(CCC2CCCC2)n1. The van der Waals surface area contributed by atoms with Crippen molar-refractivity contribution in [2.24, 2.45) is 5.92 Å². The Morgan fingerprint density at radius 3 is 2.92 bits per heavy atom. The number of aromatic nitrogens is 2. The molecule has 2 rings (SSSR count). The second kappa shape index (κ2) is 3.70. The van der Waals surface area contributed by atoms with E-state index in [-0.39, 0.29) is 0 Å². The molecule has 1 heterocycles. The molecule has 1 aromatic rings. The van der Waals surface area contributed by atoms with Gasteiger partial charge in [-0.05, 0) is 12.3 Å². The molecule has 3 heteroatoms. The van der Waals surface area contributed by atoms with E-state index < -0.39 is 0 Å². The van der Waals surface area contributed by atoms with Crippen molar-refractivity contribution in [1.29, 1.82) is 0 Å². The molecule has 1 fully saturated rings. The van der Waals surface area contributed by atoms with Crippen molar-refractivity contribution in [3.05, 3.63) is 12.2 Å². The minimum Gasteiger partial charge on any atom is -0.340 e. The monoisotopic (exact) mass is 166 g/mol. The van der Waals surface area contributed by atoms with Crippen molar-refractivity contribution < 1.29 is 4.52 Å². The van der Waals surface area contributed by atoms with Crippen LogP contribution in [0.2, 0.25) is 0 Å². The van der Waals surface area contributed by atoms with Gasteiger partial charge in [-0.15, -0.1) is 0 Å². The van der Waals surface area contributed by atoms with Gasteiger partial charge in [0.15, 0.2) is 6.33 Å². The van der Waals surface area contributed by atoms with E-state index in [1.807, 2.05) is 0 Å². The summed E-state index contributed by atoms with van der Waals surface area (Å²) in [5, 5.41) is 3.58. The van der Waals surface area contributed by atoms with Crippen LogP contribution in [0.4, 0.5) is 0 Å². The Morgan fingerprint density at radius 2 is 2.25 bits per heavy atom. The van der Waals surface area contributed by atoms with Crippen molar-refractivity contribution >= 4 is 0 Å². The van der Waals surface area contributed by atoms with Gasteiger partial charge in [-0.25, -0.2) is 0 Å². The lowest BCUT2D eigenvalue weighted by atomic mass is 10.0. The fourth-order valence-corrected chi connectivity index (χ4v) is 1.93. The van der Waals surface area contributed by atoms with Crippen LogP contribution in [0, 0.1) is 5.92 Å². The molecule has 0 unspecified atom stereocenters. The first-order chi connectivity index (χ1) is 5.95. The standard InChI is InChI=1S/C9H14N2O/c1-2-4-8(3-1)5-6-9-10-7-11-12-9/h7-8H,1-6H2. The van der Waals surface area contributed by atoms with Crippen LogP contribution in [-0.4, -0.2) is 10.1 Å². The summed E-state index contributed by atoms with van der Waals surface area (Å²) in [7, 11) is 0. The molecule has 1 aliphatic rings. The number of rotatable bonds is 3. The average molecular weight is 166 g/mol. The Balaban J connectivity index is 1.74. The third kappa shape index (κ3) is 1.84. The second-order valence-electron chi connectivity index (χ2n) is 3.52. The van der Waals surface area contributed by atoms with Crippen LogP contribution in [0.25, 0.3) is 0 Å². The van der Waals surface area contributed by atoms with Crippen LogP contribution < -0.4 is 0 Å². The summed E-state index contributed by atoms with van der Waals surface area (Å²) in [6.45, 7) is 0. The van der Waals surface area contributed by atoms with E-state index in [4.69, 9.17) is 4.52 Å². The van der Waals surface area contributed by atoms with E-state index in [1.165, 1.54) is 38.4 Å². The highest BCUT2D eigenvalue weighted by Gasteiger charge is 2.15. The predicted octanol–water partition coefficient (Wildman–Crippen LogP) is 2.19. The molecule has 66 valence electrons. The van der Waals surface area contributed by atoms with Crippen molar-refractivity contribution in [3.63, 3.8) is 0 Å². The molecule has 0 atom stereocenters. The molecule has 0 radical (unpaired) electrons. The zero-order valence-electron chi connectivity index (χ0n) is 7.20. The van der Waals surface area contributed by atoms with Gasteiger partial charge >= 0.3 is 0 Å². The molecule has 0 bridgehead atoms. The lowest BCUT2D eigenvalue weighted by Gasteiger charge is -2.04. The lowest BCUT2D eigenvalue weighted by molar-refractivity contribution is 0.361. The van der Waals surface area contributed by atoms with Crippen LogP contribution in [0.5, 0.6) is 0 Å². The third-order valence-electron chi connectivity index (χ3n) is 2.65. The second-order valence-corrected chi connectivity index (χ2v) is 3.52. The van der Waals surface area contributed by atoms with Gasteiger partial charge < -0.3 is 4.52 Å².